The summed E-state index contributed by atoms with van der Waals surface area (Å²) >= 11 is 0. The molecule has 0 fully saturated rings. The minimum Gasteiger partial charge on any atom is -0.385 e. The molecule has 2 aromatic rings. The number of benzene rings is 1. The average molecular weight is 263 g/mol. The predicted octanol–water partition coefficient (Wildman–Crippen LogP) is 1.05. The van der Waals surface area contributed by atoms with E-state index < -0.39 is 4.92 Å². The summed E-state index contributed by atoms with van der Waals surface area (Å²) in [4.78, 5) is 23.4. The van der Waals surface area contributed by atoms with E-state index in [1.807, 2.05) is 0 Å². The molecule has 8 nitrogen and oxygen atoms in total. The van der Waals surface area contributed by atoms with Gasteiger partial charge in [0, 0.05) is 30.8 Å². The van der Waals surface area contributed by atoms with Crippen molar-refractivity contribution in [1.82, 2.24) is 15.2 Å². The molecule has 0 saturated heterocycles. The van der Waals surface area contributed by atoms with E-state index in [1.54, 1.807) is 12.1 Å². The van der Waals surface area contributed by atoms with Crippen molar-refractivity contribution in [2.75, 3.05) is 11.9 Å². The van der Waals surface area contributed by atoms with Crippen LogP contribution in [0.1, 0.15) is 12.2 Å². The molecule has 2 rings (SSSR count). The zero-order valence-electron chi connectivity index (χ0n) is 10.0. The largest absolute Gasteiger partial charge is 0.385 e. The van der Waals surface area contributed by atoms with Gasteiger partial charge in [0.15, 0.2) is 0 Å². The molecule has 0 aliphatic carbocycles. The van der Waals surface area contributed by atoms with Crippen LogP contribution in [0.3, 0.4) is 0 Å². The Hall–Kier alpha value is -2.64. The lowest BCUT2D eigenvalue weighted by Crippen LogP contribution is -2.05. The highest BCUT2D eigenvalue weighted by Crippen LogP contribution is 2.15. The van der Waals surface area contributed by atoms with Crippen LogP contribution >= 0.6 is 0 Å². The number of nitrogens with zero attached hydrogens (tertiary/aromatic N) is 2. The fourth-order valence-electron chi connectivity index (χ4n) is 1.61. The summed E-state index contributed by atoms with van der Waals surface area (Å²) < 4.78 is 0. The third kappa shape index (κ3) is 3.66. The Labute approximate surface area is 108 Å². The first-order chi connectivity index (χ1) is 9.15. The Balaban J connectivity index is 1.76. The van der Waals surface area contributed by atoms with Gasteiger partial charge in [0.1, 0.15) is 5.82 Å². The Kier molecular flexibility index (Phi) is 3.91. The van der Waals surface area contributed by atoms with Crippen LogP contribution in [0.25, 0.3) is 0 Å². The minimum atomic E-state index is -0.433. The second kappa shape index (κ2) is 5.80. The van der Waals surface area contributed by atoms with E-state index in [4.69, 9.17) is 0 Å². The molecule has 0 aliphatic heterocycles. The standard InChI is InChI=1S/C11H13N5O3/c17-11-13-10(14-15-11)2-1-7-12-8-3-5-9(6-4-8)16(18)19/h3-6,12H,1-2,7H2,(H2,13,14,15,17). The van der Waals surface area contributed by atoms with Gasteiger partial charge >= 0.3 is 5.69 Å². The van der Waals surface area contributed by atoms with Crippen molar-refractivity contribution >= 4 is 11.4 Å². The van der Waals surface area contributed by atoms with E-state index in [0.717, 1.165) is 12.1 Å². The molecule has 19 heavy (non-hydrogen) atoms. The second-order valence-corrected chi connectivity index (χ2v) is 3.96. The smallest absolute Gasteiger partial charge is 0.340 e. The molecule has 8 heteroatoms. The summed E-state index contributed by atoms with van der Waals surface area (Å²) in [5.41, 5.74) is 0.582. The number of nitro benzene ring substituents is 1. The van der Waals surface area contributed by atoms with Crippen LogP contribution in [0, 0.1) is 10.1 Å². The lowest BCUT2D eigenvalue weighted by Gasteiger charge is -2.04. The van der Waals surface area contributed by atoms with Crippen LogP contribution < -0.4 is 11.0 Å². The Bertz CT molecular complexity index is 601. The van der Waals surface area contributed by atoms with Crippen LogP contribution in [0.2, 0.25) is 0 Å². The van der Waals surface area contributed by atoms with Crippen molar-refractivity contribution < 1.29 is 4.92 Å². The van der Waals surface area contributed by atoms with E-state index in [0.29, 0.717) is 18.8 Å². The van der Waals surface area contributed by atoms with Gasteiger partial charge < -0.3 is 5.32 Å². The summed E-state index contributed by atoms with van der Waals surface area (Å²) in [5, 5.41) is 19.7. The maximum absolute atomic E-state index is 10.8. The van der Waals surface area contributed by atoms with Crippen LogP contribution in [-0.4, -0.2) is 26.6 Å². The van der Waals surface area contributed by atoms with Crippen molar-refractivity contribution in [1.29, 1.82) is 0 Å². The van der Waals surface area contributed by atoms with Crippen LogP contribution in [0.15, 0.2) is 29.1 Å². The summed E-state index contributed by atoms with van der Waals surface area (Å²) in [6, 6.07) is 6.23. The molecule has 1 heterocycles. The van der Waals surface area contributed by atoms with Gasteiger partial charge in [-0.15, -0.1) is 0 Å². The normalized spacial score (nSPS) is 10.3. The number of hydrogen-bond donors (Lipinski definition) is 3. The monoisotopic (exact) mass is 263 g/mol. The Morgan fingerprint density at radius 2 is 2.05 bits per heavy atom. The molecular formula is C11H13N5O3. The number of hydrogen-bond acceptors (Lipinski definition) is 5. The van der Waals surface area contributed by atoms with Crippen molar-refractivity contribution in [3.8, 4) is 0 Å². The molecule has 3 N–H and O–H groups in total. The molecular weight excluding hydrogens is 250 g/mol. The zero-order valence-corrected chi connectivity index (χ0v) is 10.0. The van der Waals surface area contributed by atoms with Gasteiger partial charge in [-0.05, 0) is 18.6 Å². The van der Waals surface area contributed by atoms with E-state index in [-0.39, 0.29) is 11.4 Å². The number of H-pyrrole nitrogens is 2. The van der Waals surface area contributed by atoms with Crippen LogP contribution in [0.5, 0.6) is 0 Å². The van der Waals surface area contributed by atoms with E-state index >= 15 is 0 Å². The molecule has 0 radical (unpaired) electrons. The van der Waals surface area contributed by atoms with E-state index in [9.17, 15) is 14.9 Å². The molecule has 0 amide bonds. The highest BCUT2D eigenvalue weighted by molar-refractivity contribution is 5.48. The van der Waals surface area contributed by atoms with Gasteiger partial charge in [-0.3, -0.25) is 15.1 Å². The SMILES string of the molecule is O=c1[nH]nc(CCCNc2ccc([N+](=O)[O-])cc2)[nH]1. The van der Waals surface area contributed by atoms with Gasteiger partial charge in [-0.1, -0.05) is 0 Å². The summed E-state index contributed by atoms with van der Waals surface area (Å²) in [6.07, 6.45) is 1.44. The minimum absolute atomic E-state index is 0.0691. The number of nitrogens with one attached hydrogen (secondary N) is 3. The number of nitro groups is 1. The van der Waals surface area contributed by atoms with Crippen molar-refractivity contribution in [2.45, 2.75) is 12.8 Å². The number of non-ortho nitro benzene ring substituents is 1. The highest BCUT2D eigenvalue weighted by atomic mass is 16.6. The van der Waals surface area contributed by atoms with Crippen LogP contribution in [-0.2, 0) is 6.42 Å². The Morgan fingerprint density at radius 3 is 2.63 bits per heavy atom. The maximum atomic E-state index is 10.8. The van der Waals surface area contributed by atoms with Gasteiger partial charge in [-0.2, -0.15) is 5.10 Å². The average Bonchev–Trinajstić information content (AvgIpc) is 2.81. The summed E-state index contributed by atoms with van der Waals surface area (Å²) in [6.45, 7) is 0.687. The molecule has 1 aromatic carbocycles. The van der Waals surface area contributed by atoms with E-state index in [2.05, 4.69) is 20.5 Å². The quantitative estimate of drug-likeness (QED) is 0.409. The van der Waals surface area contributed by atoms with Gasteiger partial charge in [-0.25, -0.2) is 9.89 Å². The summed E-state index contributed by atoms with van der Waals surface area (Å²) in [7, 11) is 0. The molecule has 1 aromatic heterocycles. The predicted molar refractivity (Wildman–Crippen MR) is 69.1 cm³/mol. The van der Waals surface area contributed by atoms with Crippen molar-refractivity contribution in [2.24, 2.45) is 0 Å². The molecule has 0 atom stereocenters. The lowest BCUT2D eigenvalue weighted by atomic mass is 10.2. The maximum Gasteiger partial charge on any atom is 0.340 e. The van der Waals surface area contributed by atoms with Gasteiger partial charge in [0.2, 0.25) is 0 Å². The fourth-order valence-corrected chi connectivity index (χ4v) is 1.61. The van der Waals surface area contributed by atoms with Crippen molar-refractivity contribution in [3.05, 3.63) is 50.7 Å². The fraction of sp³-hybridized carbons (Fsp3) is 0.273. The molecule has 0 bridgehead atoms. The van der Waals surface area contributed by atoms with Crippen LogP contribution in [0.4, 0.5) is 11.4 Å². The number of rotatable bonds is 6. The third-order valence-electron chi connectivity index (χ3n) is 2.55. The molecule has 0 unspecified atom stereocenters. The Morgan fingerprint density at radius 1 is 1.32 bits per heavy atom. The molecule has 0 saturated carbocycles. The summed E-state index contributed by atoms with van der Waals surface area (Å²) in [5.74, 6) is 0.621. The number of aryl methyl sites for hydroxylation is 1. The van der Waals surface area contributed by atoms with E-state index in [1.165, 1.54) is 12.1 Å². The number of anilines is 1. The first-order valence-electron chi connectivity index (χ1n) is 5.77. The van der Waals surface area contributed by atoms with Gasteiger partial charge in [0.05, 0.1) is 4.92 Å². The topological polar surface area (TPSA) is 117 Å². The van der Waals surface area contributed by atoms with Gasteiger partial charge in [0.25, 0.3) is 5.69 Å². The molecule has 0 aliphatic rings. The first kappa shape index (κ1) is 12.8. The molecule has 0 spiro atoms. The van der Waals surface area contributed by atoms with Crippen molar-refractivity contribution in [3.63, 3.8) is 0 Å². The lowest BCUT2D eigenvalue weighted by molar-refractivity contribution is -0.384. The number of aromatic nitrogens is 3. The molecule has 100 valence electrons. The zero-order chi connectivity index (χ0) is 13.7. The second-order valence-electron chi connectivity index (χ2n) is 3.96. The third-order valence-corrected chi connectivity index (χ3v) is 2.55. The highest BCUT2D eigenvalue weighted by Gasteiger charge is 2.03. The number of aromatic amines is 2. The first-order valence-corrected chi connectivity index (χ1v) is 5.77.